The van der Waals surface area contributed by atoms with Crippen LogP contribution in [-0.2, 0) is 6.42 Å². The third-order valence-electron chi connectivity index (χ3n) is 2.78. The Hall–Kier alpha value is -1.92. The number of anilines is 1. The number of hydrogen-bond acceptors (Lipinski definition) is 6. The molecule has 0 radical (unpaired) electrons. The van der Waals surface area contributed by atoms with Gasteiger partial charge in [0.1, 0.15) is 5.82 Å². The average molecular weight is 310 g/mol. The molecule has 0 aliphatic heterocycles. The molecule has 1 aromatic heterocycles. The molecule has 1 heterocycles. The van der Waals surface area contributed by atoms with Gasteiger partial charge in [-0.1, -0.05) is 20.3 Å². The van der Waals surface area contributed by atoms with Crippen LogP contribution in [0.25, 0.3) is 0 Å². The minimum Gasteiger partial charge on any atom is -0.473 e. The number of nitrogens with one attached hydrogen (secondary N) is 1. The molecule has 0 aliphatic rings. The van der Waals surface area contributed by atoms with Crippen LogP contribution in [0.1, 0.15) is 59.7 Å². The lowest BCUT2D eigenvalue weighted by atomic mass is 10.1. The summed E-state index contributed by atoms with van der Waals surface area (Å²) in [6, 6.07) is 0. The Morgan fingerprint density at radius 2 is 1.91 bits per heavy atom. The van der Waals surface area contributed by atoms with E-state index in [1.807, 2.05) is 34.6 Å². The van der Waals surface area contributed by atoms with E-state index in [0.29, 0.717) is 18.9 Å². The van der Waals surface area contributed by atoms with Crippen molar-refractivity contribution in [2.24, 2.45) is 0 Å². The maximum absolute atomic E-state index is 11.4. The summed E-state index contributed by atoms with van der Waals surface area (Å²) >= 11 is 0. The van der Waals surface area contributed by atoms with E-state index >= 15 is 0 Å². The smallest absolute Gasteiger partial charge is 0.372 e. The molecular formula is C15H26N4O3. The van der Waals surface area contributed by atoms with Crippen molar-refractivity contribution in [3.8, 4) is 5.88 Å². The summed E-state index contributed by atoms with van der Waals surface area (Å²) in [6.45, 7) is 10.2. The van der Waals surface area contributed by atoms with Gasteiger partial charge in [-0.25, -0.2) is 4.98 Å². The molecule has 22 heavy (non-hydrogen) atoms. The van der Waals surface area contributed by atoms with E-state index in [9.17, 15) is 10.1 Å². The summed E-state index contributed by atoms with van der Waals surface area (Å²) in [5.41, 5.74) is -0.533. The van der Waals surface area contributed by atoms with Crippen LogP contribution >= 0.6 is 0 Å². The van der Waals surface area contributed by atoms with Gasteiger partial charge in [0.25, 0.3) is 5.88 Å². The van der Waals surface area contributed by atoms with E-state index < -0.39 is 4.92 Å². The first kappa shape index (κ1) is 18.1. The number of hydrogen-bond donors (Lipinski definition) is 1. The van der Waals surface area contributed by atoms with Gasteiger partial charge in [0.05, 0.1) is 11.5 Å². The molecule has 1 rings (SSSR count). The van der Waals surface area contributed by atoms with Gasteiger partial charge in [0.15, 0.2) is 0 Å². The summed E-state index contributed by atoms with van der Waals surface area (Å²) in [7, 11) is 0. The minimum absolute atomic E-state index is 0.0589. The number of nitrogens with zero attached hydrogens (tertiary/aromatic N) is 3. The summed E-state index contributed by atoms with van der Waals surface area (Å²) < 4.78 is 5.55. The Labute approximate surface area is 131 Å². The normalized spacial score (nSPS) is 11.3. The van der Waals surface area contributed by atoms with Gasteiger partial charge in [-0.05, 0) is 33.6 Å². The average Bonchev–Trinajstić information content (AvgIpc) is 2.36. The van der Waals surface area contributed by atoms with Crippen LogP contribution in [0.2, 0.25) is 0 Å². The van der Waals surface area contributed by atoms with Crippen molar-refractivity contribution in [3.63, 3.8) is 0 Å². The molecule has 0 atom stereocenters. The van der Waals surface area contributed by atoms with Crippen molar-refractivity contribution in [3.05, 3.63) is 15.9 Å². The maximum atomic E-state index is 11.4. The largest absolute Gasteiger partial charge is 0.473 e. The third kappa shape index (κ3) is 5.46. The zero-order valence-corrected chi connectivity index (χ0v) is 14.1. The van der Waals surface area contributed by atoms with Crippen molar-refractivity contribution in [1.29, 1.82) is 0 Å². The number of nitro groups is 1. The second-order valence-corrected chi connectivity index (χ2v) is 6.23. The zero-order valence-electron chi connectivity index (χ0n) is 14.1. The minimum atomic E-state index is -0.481. The summed E-state index contributed by atoms with van der Waals surface area (Å²) in [4.78, 5) is 19.5. The van der Waals surface area contributed by atoms with Gasteiger partial charge < -0.3 is 10.1 Å². The molecule has 1 aromatic rings. The lowest BCUT2D eigenvalue weighted by Gasteiger charge is -2.21. The molecule has 0 bridgehead atoms. The fraction of sp³-hybridized carbons (Fsp3) is 0.733. The quantitative estimate of drug-likeness (QED) is 0.447. The fourth-order valence-corrected chi connectivity index (χ4v) is 1.83. The van der Waals surface area contributed by atoms with Crippen LogP contribution < -0.4 is 10.1 Å². The van der Waals surface area contributed by atoms with Crippen molar-refractivity contribution in [2.45, 2.75) is 65.8 Å². The second kappa shape index (κ2) is 7.91. The number of aromatic nitrogens is 2. The zero-order chi connectivity index (χ0) is 16.8. The van der Waals surface area contributed by atoms with E-state index in [-0.39, 0.29) is 22.9 Å². The monoisotopic (exact) mass is 310 g/mol. The van der Waals surface area contributed by atoms with Gasteiger partial charge in [0, 0.05) is 12.0 Å². The molecule has 0 saturated carbocycles. The van der Waals surface area contributed by atoms with Crippen molar-refractivity contribution < 1.29 is 9.66 Å². The Morgan fingerprint density at radius 3 is 2.41 bits per heavy atom. The van der Waals surface area contributed by atoms with Crippen LogP contribution in [0.3, 0.4) is 0 Å². The lowest BCUT2D eigenvalue weighted by molar-refractivity contribution is -0.385. The number of aryl methyl sites for hydroxylation is 1. The van der Waals surface area contributed by atoms with Crippen molar-refractivity contribution in [2.75, 3.05) is 11.9 Å². The Kier molecular flexibility index (Phi) is 6.52. The fourth-order valence-electron chi connectivity index (χ4n) is 1.83. The van der Waals surface area contributed by atoms with E-state index in [1.54, 1.807) is 0 Å². The highest BCUT2D eigenvalue weighted by Gasteiger charge is 2.28. The maximum Gasteiger partial charge on any atom is 0.372 e. The van der Waals surface area contributed by atoms with Gasteiger partial charge in [0.2, 0.25) is 5.82 Å². The molecule has 0 spiro atoms. The van der Waals surface area contributed by atoms with E-state index in [2.05, 4.69) is 15.3 Å². The SMILES string of the molecule is CCCCOc1nc(CCC)nc(NC(C)(C)C)c1[N+](=O)[O-]. The highest BCUT2D eigenvalue weighted by Crippen LogP contribution is 2.33. The highest BCUT2D eigenvalue weighted by atomic mass is 16.6. The topological polar surface area (TPSA) is 90.2 Å². The standard InChI is InChI=1S/C15H26N4O3/c1-6-8-10-22-14-12(19(20)21)13(18-15(3,4)5)16-11(17-14)9-7-2/h6-10H2,1-5H3,(H,16,17,18). The van der Waals surface area contributed by atoms with Crippen molar-refractivity contribution in [1.82, 2.24) is 9.97 Å². The molecular weight excluding hydrogens is 284 g/mol. The molecule has 124 valence electrons. The van der Waals surface area contributed by atoms with E-state index in [0.717, 1.165) is 19.3 Å². The Morgan fingerprint density at radius 1 is 1.23 bits per heavy atom. The van der Waals surface area contributed by atoms with Gasteiger partial charge >= 0.3 is 5.69 Å². The molecule has 0 saturated heterocycles. The summed E-state index contributed by atoms with van der Waals surface area (Å²) in [6.07, 6.45) is 3.29. The molecule has 1 N–H and O–H groups in total. The molecule has 0 unspecified atom stereocenters. The lowest BCUT2D eigenvalue weighted by Crippen LogP contribution is -2.28. The van der Waals surface area contributed by atoms with Crippen molar-refractivity contribution >= 4 is 11.5 Å². The van der Waals surface area contributed by atoms with Crippen LogP contribution in [0.5, 0.6) is 5.88 Å². The van der Waals surface area contributed by atoms with Crippen LogP contribution in [0.4, 0.5) is 11.5 Å². The first-order chi connectivity index (χ1) is 10.3. The number of ether oxygens (including phenoxy) is 1. The first-order valence-corrected chi connectivity index (χ1v) is 7.74. The second-order valence-electron chi connectivity index (χ2n) is 6.23. The molecule has 7 nitrogen and oxygen atoms in total. The molecule has 0 aromatic carbocycles. The molecule has 0 aliphatic carbocycles. The first-order valence-electron chi connectivity index (χ1n) is 7.74. The van der Waals surface area contributed by atoms with Crippen LogP contribution in [-0.4, -0.2) is 27.0 Å². The van der Waals surface area contributed by atoms with E-state index in [4.69, 9.17) is 4.74 Å². The summed E-state index contributed by atoms with van der Waals surface area (Å²) in [5, 5.41) is 14.5. The molecule has 0 amide bonds. The van der Waals surface area contributed by atoms with Gasteiger partial charge in [-0.15, -0.1) is 0 Å². The molecule has 7 heteroatoms. The third-order valence-corrected chi connectivity index (χ3v) is 2.78. The van der Waals surface area contributed by atoms with Crippen LogP contribution in [0.15, 0.2) is 0 Å². The highest BCUT2D eigenvalue weighted by molar-refractivity contribution is 5.62. The Bertz CT molecular complexity index is 512. The molecule has 0 fully saturated rings. The predicted molar refractivity (Wildman–Crippen MR) is 86.5 cm³/mol. The summed E-state index contributed by atoms with van der Waals surface area (Å²) in [5.74, 6) is 0.845. The van der Waals surface area contributed by atoms with Crippen LogP contribution in [0, 0.1) is 10.1 Å². The predicted octanol–water partition coefficient (Wildman–Crippen LogP) is 3.73. The Balaban J connectivity index is 3.27. The number of unbranched alkanes of at least 4 members (excludes halogenated alkanes) is 1. The number of rotatable bonds is 8. The van der Waals surface area contributed by atoms with Gasteiger partial charge in [-0.3, -0.25) is 10.1 Å². The van der Waals surface area contributed by atoms with E-state index in [1.165, 1.54) is 0 Å². The van der Waals surface area contributed by atoms with Gasteiger partial charge in [-0.2, -0.15) is 4.98 Å².